The molecular weight excluding hydrogens is 277 g/mol. The lowest BCUT2D eigenvalue weighted by molar-refractivity contribution is -0.152. The fourth-order valence-corrected chi connectivity index (χ4v) is 2.95. The van der Waals surface area contributed by atoms with Gasteiger partial charge in [-0.2, -0.15) is 13.2 Å². The summed E-state index contributed by atoms with van der Waals surface area (Å²) in [6.07, 6.45) is -4.12. The molecule has 0 bridgehead atoms. The standard InChI is InChI=1S/C16H23F3N2/c1-13(2)10-21-9-8-20(12-16(17,18)19)11-15(21)14-6-4-3-5-7-14/h3-7,13,15H,8-12H2,1-2H3/t15-/m0/s1. The number of alkyl halides is 3. The molecule has 0 radical (unpaired) electrons. The van der Waals surface area contributed by atoms with Crippen LogP contribution in [0.15, 0.2) is 30.3 Å². The van der Waals surface area contributed by atoms with Crippen molar-refractivity contribution in [1.29, 1.82) is 0 Å². The predicted molar refractivity (Wildman–Crippen MR) is 78.1 cm³/mol. The Balaban J connectivity index is 2.12. The fraction of sp³-hybridized carbons (Fsp3) is 0.625. The monoisotopic (exact) mass is 300 g/mol. The Kier molecular flexibility index (Phi) is 5.27. The van der Waals surface area contributed by atoms with Crippen molar-refractivity contribution in [3.05, 3.63) is 35.9 Å². The third kappa shape index (κ3) is 5.00. The van der Waals surface area contributed by atoms with Gasteiger partial charge in [0.15, 0.2) is 0 Å². The van der Waals surface area contributed by atoms with Gasteiger partial charge in [-0.25, -0.2) is 0 Å². The van der Waals surface area contributed by atoms with E-state index in [0.29, 0.717) is 25.6 Å². The predicted octanol–water partition coefficient (Wildman–Crippen LogP) is 3.56. The van der Waals surface area contributed by atoms with E-state index in [-0.39, 0.29) is 6.04 Å². The summed E-state index contributed by atoms with van der Waals surface area (Å²) in [6.45, 7) is 6.00. The van der Waals surface area contributed by atoms with E-state index in [4.69, 9.17) is 0 Å². The maximum absolute atomic E-state index is 12.6. The summed E-state index contributed by atoms with van der Waals surface area (Å²) in [5.74, 6) is 0.505. The van der Waals surface area contributed by atoms with E-state index in [9.17, 15) is 13.2 Å². The third-order valence-corrected chi connectivity index (χ3v) is 3.76. The van der Waals surface area contributed by atoms with E-state index >= 15 is 0 Å². The van der Waals surface area contributed by atoms with Gasteiger partial charge in [0.25, 0.3) is 0 Å². The van der Waals surface area contributed by atoms with Crippen LogP contribution in [0.1, 0.15) is 25.5 Å². The van der Waals surface area contributed by atoms with Crippen LogP contribution in [0, 0.1) is 5.92 Å². The number of rotatable bonds is 4. The smallest absolute Gasteiger partial charge is 0.294 e. The SMILES string of the molecule is CC(C)CN1CCN(CC(F)(F)F)C[C@H]1c1ccccc1. The van der Waals surface area contributed by atoms with Crippen LogP contribution >= 0.6 is 0 Å². The van der Waals surface area contributed by atoms with Crippen molar-refractivity contribution in [2.75, 3.05) is 32.7 Å². The second-order valence-corrected chi connectivity index (χ2v) is 6.17. The summed E-state index contributed by atoms with van der Waals surface area (Å²) < 4.78 is 37.9. The topological polar surface area (TPSA) is 6.48 Å². The molecule has 0 spiro atoms. The Morgan fingerprint density at radius 2 is 1.81 bits per heavy atom. The number of benzene rings is 1. The van der Waals surface area contributed by atoms with Crippen molar-refractivity contribution in [1.82, 2.24) is 9.80 Å². The fourth-order valence-electron chi connectivity index (χ4n) is 2.95. The van der Waals surface area contributed by atoms with Crippen molar-refractivity contribution in [2.24, 2.45) is 5.92 Å². The first-order valence-electron chi connectivity index (χ1n) is 7.43. The van der Waals surface area contributed by atoms with E-state index in [1.165, 1.54) is 4.90 Å². The number of hydrogen-bond donors (Lipinski definition) is 0. The lowest BCUT2D eigenvalue weighted by atomic mass is 10.0. The van der Waals surface area contributed by atoms with Gasteiger partial charge in [-0.3, -0.25) is 9.80 Å². The minimum absolute atomic E-state index is 0.0460. The molecule has 1 saturated heterocycles. The van der Waals surface area contributed by atoms with Gasteiger partial charge in [-0.1, -0.05) is 44.2 Å². The molecule has 0 aliphatic carbocycles. The molecule has 118 valence electrons. The molecule has 1 aromatic rings. The van der Waals surface area contributed by atoms with Crippen molar-refractivity contribution in [2.45, 2.75) is 26.1 Å². The molecule has 1 heterocycles. The Bertz CT molecular complexity index is 431. The van der Waals surface area contributed by atoms with Gasteiger partial charge in [0.1, 0.15) is 0 Å². The minimum atomic E-state index is -4.12. The Morgan fingerprint density at radius 3 is 2.38 bits per heavy atom. The highest BCUT2D eigenvalue weighted by atomic mass is 19.4. The van der Waals surface area contributed by atoms with Crippen LogP contribution in [0.25, 0.3) is 0 Å². The lowest BCUT2D eigenvalue weighted by Crippen LogP contribution is -2.51. The molecule has 1 aliphatic rings. The number of hydrogen-bond acceptors (Lipinski definition) is 2. The van der Waals surface area contributed by atoms with E-state index in [2.05, 4.69) is 18.7 Å². The molecule has 2 nitrogen and oxygen atoms in total. The molecule has 0 N–H and O–H groups in total. The van der Waals surface area contributed by atoms with Crippen LogP contribution in [0.2, 0.25) is 0 Å². The van der Waals surface area contributed by atoms with Crippen LogP contribution in [0.3, 0.4) is 0 Å². The molecular formula is C16H23F3N2. The normalized spacial score (nSPS) is 21.9. The highest BCUT2D eigenvalue weighted by Crippen LogP contribution is 2.28. The van der Waals surface area contributed by atoms with E-state index in [1.807, 2.05) is 30.3 Å². The second kappa shape index (κ2) is 6.79. The zero-order chi connectivity index (χ0) is 15.5. The van der Waals surface area contributed by atoms with Gasteiger partial charge in [0, 0.05) is 32.2 Å². The quantitative estimate of drug-likeness (QED) is 0.839. The molecule has 2 rings (SSSR count). The van der Waals surface area contributed by atoms with Crippen molar-refractivity contribution in [3.63, 3.8) is 0 Å². The van der Waals surface area contributed by atoms with E-state index in [0.717, 1.165) is 12.1 Å². The minimum Gasteiger partial charge on any atom is -0.294 e. The first kappa shape index (κ1) is 16.3. The first-order chi connectivity index (χ1) is 9.85. The Hall–Kier alpha value is -1.07. The van der Waals surface area contributed by atoms with Gasteiger partial charge in [0.05, 0.1) is 6.54 Å². The molecule has 0 unspecified atom stereocenters. The van der Waals surface area contributed by atoms with Crippen LogP contribution in [-0.2, 0) is 0 Å². The zero-order valence-corrected chi connectivity index (χ0v) is 12.6. The molecule has 1 atom stereocenters. The van der Waals surface area contributed by atoms with Gasteiger partial charge in [-0.15, -0.1) is 0 Å². The van der Waals surface area contributed by atoms with Gasteiger partial charge in [-0.05, 0) is 11.5 Å². The molecule has 1 aromatic carbocycles. The maximum atomic E-state index is 12.6. The second-order valence-electron chi connectivity index (χ2n) is 6.17. The van der Waals surface area contributed by atoms with Crippen LogP contribution in [0.5, 0.6) is 0 Å². The summed E-state index contributed by atoms with van der Waals surface area (Å²) in [5, 5.41) is 0. The van der Waals surface area contributed by atoms with Crippen molar-refractivity contribution >= 4 is 0 Å². The first-order valence-corrected chi connectivity index (χ1v) is 7.43. The Morgan fingerprint density at radius 1 is 1.14 bits per heavy atom. The molecule has 21 heavy (non-hydrogen) atoms. The van der Waals surface area contributed by atoms with Crippen LogP contribution in [-0.4, -0.2) is 48.7 Å². The number of piperazine rings is 1. The summed E-state index contributed by atoms with van der Waals surface area (Å²) in [7, 11) is 0. The van der Waals surface area contributed by atoms with Gasteiger partial charge < -0.3 is 0 Å². The van der Waals surface area contributed by atoms with Crippen LogP contribution in [0.4, 0.5) is 13.2 Å². The molecule has 0 saturated carbocycles. The average Bonchev–Trinajstić information content (AvgIpc) is 2.39. The molecule has 0 amide bonds. The average molecular weight is 300 g/mol. The maximum Gasteiger partial charge on any atom is 0.401 e. The summed E-state index contributed by atoms with van der Waals surface area (Å²) in [5.41, 5.74) is 1.10. The van der Waals surface area contributed by atoms with Gasteiger partial charge >= 0.3 is 6.18 Å². The van der Waals surface area contributed by atoms with Crippen molar-refractivity contribution in [3.8, 4) is 0 Å². The lowest BCUT2D eigenvalue weighted by Gasteiger charge is -2.42. The molecule has 0 aromatic heterocycles. The zero-order valence-electron chi connectivity index (χ0n) is 12.6. The third-order valence-electron chi connectivity index (χ3n) is 3.76. The summed E-state index contributed by atoms with van der Waals surface area (Å²) >= 11 is 0. The molecule has 1 fully saturated rings. The number of nitrogens with zero attached hydrogens (tertiary/aromatic N) is 2. The number of halogens is 3. The van der Waals surface area contributed by atoms with Crippen LogP contribution < -0.4 is 0 Å². The summed E-state index contributed by atoms with van der Waals surface area (Å²) in [4.78, 5) is 3.83. The van der Waals surface area contributed by atoms with Crippen molar-refractivity contribution < 1.29 is 13.2 Å². The molecule has 5 heteroatoms. The van der Waals surface area contributed by atoms with Gasteiger partial charge in [0.2, 0.25) is 0 Å². The highest BCUT2D eigenvalue weighted by Gasteiger charge is 2.35. The largest absolute Gasteiger partial charge is 0.401 e. The Labute approximate surface area is 124 Å². The van der Waals surface area contributed by atoms with E-state index < -0.39 is 12.7 Å². The highest BCUT2D eigenvalue weighted by molar-refractivity contribution is 5.20. The summed E-state index contributed by atoms with van der Waals surface area (Å²) in [6, 6.07) is 9.90. The molecule has 1 aliphatic heterocycles. The van der Waals surface area contributed by atoms with E-state index in [1.54, 1.807) is 0 Å².